The summed E-state index contributed by atoms with van der Waals surface area (Å²) in [6.07, 6.45) is 4.10. The van der Waals surface area contributed by atoms with Gasteiger partial charge in [0.15, 0.2) is 5.11 Å². The van der Waals surface area contributed by atoms with Crippen LogP contribution in [0.4, 0.5) is 11.4 Å². The SMILES string of the molecule is CCCC(=O)Nc1ccc(NC(=S)NC(=O)/C=C/c2ccc(-c3cc(Cl)cc(Cl)c3)o2)cc1. The number of anilines is 2. The predicted molar refractivity (Wildman–Crippen MR) is 138 cm³/mol. The average molecular weight is 502 g/mol. The highest BCUT2D eigenvalue weighted by atomic mass is 35.5. The maximum absolute atomic E-state index is 12.2. The van der Waals surface area contributed by atoms with Crippen molar-refractivity contribution in [2.45, 2.75) is 19.8 Å². The maximum atomic E-state index is 12.2. The summed E-state index contributed by atoms with van der Waals surface area (Å²) in [5.41, 5.74) is 2.10. The fourth-order valence-electron chi connectivity index (χ4n) is 2.85. The summed E-state index contributed by atoms with van der Waals surface area (Å²) in [5, 5.41) is 9.43. The predicted octanol–water partition coefficient (Wildman–Crippen LogP) is 6.52. The standard InChI is InChI=1S/C24H21Cl2N3O3S/c1-2-3-22(30)27-18-4-6-19(7-5-18)28-24(33)29-23(31)11-9-20-8-10-21(32-20)15-12-16(25)14-17(26)13-15/h4-14H,2-3H2,1H3,(H,27,30)(H2,28,29,31,33)/b11-9+. The lowest BCUT2D eigenvalue weighted by atomic mass is 10.2. The number of hydrogen-bond acceptors (Lipinski definition) is 4. The Labute approximate surface area is 207 Å². The molecule has 6 nitrogen and oxygen atoms in total. The molecule has 0 saturated carbocycles. The lowest BCUT2D eigenvalue weighted by molar-refractivity contribution is -0.116. The topological polar surface area (TPSA) is 83.4 Å². The van der Waals surface area contributed by atoms with E-state index in [-0.39, 0.29) is 11.0 Å². The van der Waals surface area contributed by atoms with Crippen LogP contribution in [0.3, 0.4) is 0 Å². The molecule has 2 amide bonds. The molecule has 2 aromatic carbocycles. The second kappa shape index (κ2) is 11.7. The molecule has 170 valence electrons. The first-order chi connectivity index (χ1) is 15.8. The van der Waals surface area contributed by atoms with E-state index in [1.54, 1.807) is 54.6 Å². The second-order valence-corrected chi connectivity index (χ2v) is 8.29. The van der Waals surface area contributed by atoms with Crippen LogP contribution in [0.5, 0.6) is 0 Å². The van der Waals surface area contributed by atoms with Gasteiger partial charge in [-0.3, -0.25) is 14.9 Å². The quantitative estimate of drug-likeness (QED) is 0.253. The number of amides is 2. The molecule has 1 aromatic heterocycles. The number of furan rings is 1. The number of benzene rings is 2. The first-order valence-electron chi connectivity index (χ1n) is 10.1. The molecule has 0 aliphatic rings. The Hall–Kier alpha value is -3.13. The van der Waals surface area contributed by atoms with Gasteiger partial charge in [-0.2, -0.15) is 0 Å². The van der Waals surface area contributed by atoms with Crippen molar-refractivity contribution in [3.05, 3.63) is 76.5 Å². The molecular weight excluding hydrogens is 481 g/mol. The van der Waals surface area contributed by atoms with Crippen molar-refractivity contribution in [2.75, 3.05) is 10.6 Å². The Morgan fingerprint density at radius 3 is 2.24 bits per heavy atom. The Bertz CT molecular complexity index is 1170. The van der Waals surface area contributed by atoms with Gasteiger partial charge in [-0.15, -0.1) is 0 Å². The number of rotatable bonds is 7. The maximum Gasteiger partial charge on any atom is 0.250 e. The molecule has 0 radical (unpaired) electrons. The van der Waals surface area contributed by atoms with E-state index in [0.29, 0.717) is 39.4 Å². The minimum atomic E-state index is -0.417. The zero-order chi connectivity index (χ0) is 23.8. The molecule has 33 heavy (non-hydrogen) atoms. The van der Waals surface area contributed by atoms with Gasteiger partial charge >= 0.3 is 0 Å². The summed E-state index contributed by atoms with van der Waals surface area (Å²) in [5.74, 6) is 0.606. The molecule has 0 fully saturated rings. The molecular formula is C24H21Cl2N3O3S. The Morgan fingerprint density at radius 2 is 1.61 bits per heavy atom. The van der Waals surface area contributed by atoms with Gasteiger partial charge in [0.1, 0.15) is 11.5 Å². The van der Waals surface area contributed by atoms with E-state index in [0.717, 1.165) is 12.0 Å². The zero-order valence-corrected chi connectivity index (χ0v) is 20.0. The van der Waals surface area contributed by atoms with Crippen molar-refractivity contribution in [1.29, 1.82) is 0 Å². The summed E-state index contributed by atoms with van der Waals surface area (Å²) in [6.45, 7) is 1.94. The fraction of sp³-hybridized carbons (Fsp3) is 0.125. The van der Waals surface area contributed by atoms with Crippen LogP contribution < -0.4 is 16.0 Å². The van der Waals surface area contributed by atoms with Crippen molar-refractivity contribution >= 4 is 69.8 Å². The first kappa shape index (κ1) is 24.5. The van der Waals surface area contributed by atoms with Crippen LogP contribution in [0.25, 0.3) is 17.4 Å². The highest BCUT2D eigenvalue weighted by Crippen LogP contribution is 2.28. The van der Waals surface area contributed by atoms with Crippen LogP contribution in [0.15, 0.2) is 65.1 Å². The van der Waals surface area contributed by atoms with E-state index >= 15 is 0 Å². The van der Waals surface area contributed by atoms with Crippen molar-refractivity contribution in [1.82, 2.24) is 5.32 Å². The van der Waals surface area contributed by atoms with Gasteiger partial charge in [0.25, 0.3) is 0 Å². The molecule has 1 heterocycles. The van der Waals surface area contributed by atoms with Crippen molar-refractivity contribution in [2.24, 2.45) is 0 Å². The van der Waals surface area contributed by atoms with Crippen LogP contribution in [0.2, 0.25) is 10.0 Å². The van der Waals surface area contributed by atoms with E-state index in [9.17, 15) is 9.59 Å². The highest BCUT2D eigenvalue weighted by Gasteiger charge is 2.07. The first-order valence-corrected chi connectivity index (χ1v) is 11.2. The highest BCUT2D eigenvalue weighted by molar-refractivity contribution is 7.80. The number of carbonyl (C=O) groups is 2. The monoisotopic (exact) mass is 501 g/mol. The van der Waals surface area contributed by atoms with Crippen LogP contribution in [-0.2, 0) is 9.59 Å². The largest absolute Gasteiger partial charge is 0.457 e. The minimum absolute atomic E-state index is 0.0344. The molecule has 3 N–H and O–H groups in total. The number of halogens is 2. The lowest BCUT2D eigenvalue weighted by Gasteiger charge is -2.09. The molecule has 3 aromatic rings. The summed E-state index contributed by atoms with van der Waals surface area (Å²) in [7, 11) is 0. The summed E-state index contributed by atoms with van der Waals surface area (Å²) in [6, 6.07) is 15.6. The lowest BCUT2D eigenvalue weighted by Crippen LogP contribution is -2.32. The van der Waals surface area contributed by atoms with Crippen molar-refractivity contribution < 1.29 is 14.0 Å². The van der Waals surface area contributed by atoms with Crippen molar-refractivity contribution in [3.63, 3.8) is 0 Å². The van der Waals surface area contributed by atoms with Crippen LogP contribution in [0.1, 0.15) is 25.5 Å². The van der Waals surface area contributed by atoms with Crippen LogP contribution in [-0.4, -0.2) is 16.9 Å². The number of thiocarbonyl (C=S) groups is 1. The normalized spacial score (nSPS) is 10.8. The van der Waals surface area contributed by atoms with Gasteiger partial charge in [-0.1, -0.05) is 30.1 Å². The van der Waals surface area contributed by atoms with Gasteiger partial charge in [0.05, 0.1) is 0 Å². The molecule has 3 rings (SSSR count). The van der Waals surface area contributed by atoms with E-state index in [4.69, 9.17) is 39.8 Å². The van der Waals surface area contributed by atoms with Gasteiger partial charge in [0.2, 0.25) is 11.8 Å². The molecule has 0 aliphatic carbocycles. The Kier molecular flexibility index (Phi) is 8.65. The van der Waals surface area contributed by atoms with Gasteiger partial charge in [-0.25, -0.2) is 0 Å². The third-order valence-electron chi connectivity index (χ3n) is 4.31. The Morgan fingerprint density at radius 1 is 0.970 bits per heavy atom. The second-order valence-electron chi connectivity index (χ2n) is 7.01. The summed E-state index contributed by atoms with van der Waals surface area (Å²) < 4.78 is 5.72. The van der Waals surface area contributed by atoms with E-state index in [1.165, 1.54) is 12.2 Å². The number of carbonyl (C=O) groups excluding carboxylic acids is 2. The third-order valence-corrected chi connectivity index (χ3v) is 4.95. The molecule has 0 saturated heterocycles. The number of nitrogens with one attached hydrogen (secondary N) is 3. The molecule has 0 bridgehead atoms. The zero-order valence-electron chi connectivity index (χ0n) is 17.7. The fourth-order valence-corrected chi connectivity index (χ4v) is 3.60. The third kappa shape index (κ3) is 7.75. The van der Waals surface area contributed by atoms with Gasteiger partial charge in [-0.05, 0) is 79.3 Å². The van der Waals surface area contributed by atoms with Crippen LogP contribution >= 0.6 is 35.4 Å². The molecule has 9 heteroatoms. The molecule has 0 spiro atoms. The molecule has 0 aliphatic heterocycles. The number of hydrogen-bond donors (Lipinski definition) is 3. The molecule has 0 atom stereocenters. The summed E-state index contributed by atoms with van der Waals surface area (Å²) in [4.78, 5) is 23.8. The van der Waals surface area contributed by atoms with E-state index < -0.39 is 5.91 Å². The van der Waals surface area contributed by atoms with E-state index in [2.05, 4.69) is 16.0 Å². The smallest absolute Gasteiger partial charge is 0.250 e. The van der Waals surface area contributed by atoms with Gasteiger partial charge in [0, 0.05) is 39.5 Å². The Balaban J connectivity index is 1.52. The van der Waals surface area contributed by atoms with E-state index in [1.807, 2.05) is 6.92 Å². The minimum Gasteiger partial charge on any atom is -0.457 e. The van der Waals surface area contributed by atoms with Crippen LogP contribution in [0, 0.1) is 0 Å². The summed E-state index contributed by atoms with van der Waals surface area (Å²) >= 11 is 17.2. The van der Waals surface area contributed by atoms with Crippen molar-refractivity contribution in [3.8, 4) is 11.3 Å². The molecule has 0 unspecified atom stereocenters. The van der Waals surface area contributed by atoms with Gasteiger partial charge < -0.3 is 15.1 Å². The average Bonchev–Trinajstić information content (AvgIpc) is 3.22.